The highest BCUT2D eigenvalue weighted by Crippen LogP contribution is 2.39. The van der Waals surface area contributed by atoms with Crippen molar-refractivity contribution < 1.29 is 22.9 Å². The van der Waals surface area contributed by atoms with Gasteiger partial charge in [0.25, 0.3) is 0 Å². The van der Waals surface area contributed by atoms with Crippen LogP contribution in [0.5, 0.6) is 0 Å². The number of allylic oxidation sites excluding steroid dienone is 1. The van der Waals surface area contributed by atoms with Gasteiger partial charge >= 0.3 is 11.7 Å². The Kier molecular flexibility index (Phi) is 2.95. The molecule has 0 saturated heterocycles. The molecule has 5 nitrogen and oxygen atoms in total. The van der Waals surface area contributed by atoms with Crippen molar-refractivity contribution in [2.75, 3.05) is 0 Å². The maximum atomic E-state index is 12.5. The van der Waals surface area contributed by atoms with Gasteiger partial charge < -0.3 is 0 Å². The molecule has 0 aliphatic heterocycles. The zero-order valence-electron chi connectivity index (χ0n) is 7.69. The first-order valence-corrected chi connectivity index (χ1v) is 4.02. The number of isocyanates is 1. The minimum atomic E-state index is -5.00. The maximum absolute atomic E-state index is 12.5. The number of rotatable bonds is 2. The Morgan fingerprint density at radius 1 is 1.56 bits per heavy atom. The Balaban J connectivity index is 3.11. The van der Waals surface area contributed by atoms with Crippen molar-refractivity contribution in [2.45, 2.75) is 18.1 Å². The highest BCUT2D eigenvalue weighted by atomic mass is 19.4. The van der Waals surface area contributed by atoms with Crippen LogP contribution in [0.15, 0.2) is 28.9 Å². The molecular formula is C8H5F3N2O3. The molecule has 8 heteroatoms. The Bertz CT molecular complexity index is 421. The second-order valence-electron chi connectivity index (χ2n) is 3.05. The van der Waals surface area contributed by atoms with Crippen LogP contribution >= 0.6 is 0 Å². The normalized spacial score (nSPS) is 24.6. The molecule has 0 N–H and O–H groups in total. The molecular weight excluding hydrogens is 229 g/mol. The topological polar surface area (TPSA) is 72.6 Å². The zero-order valence-corrected chi connectivity index (χ0v) is 7.69. The summed E-state index contributed by atoms with van der Waals surface area (Å²) in [5.74, 6) is 0. The summed E-state index contributed by atoms with van der Waals surface area (Å²) < 4.78 is 37.6. The Morgan fingerprint density at radius 3 is 2.50 bits per heavy atom. The quantitative estimate of drug-likeness (QED) is 0.316. The van der Waals surface area contributed by atoms with Crippen LogP contribution < -0.4 is 0 Å². The fourth-order valence-electron chi connectivity index (χ4n) is 1.20. The average Bonchev–Trinajstić information content (AvgIpc) is 2.17. The second-order valence-corrected chi connectivity index (χ2v) is 3.05. The Hall–Kier alpha value is -1.95. The van der Waals surface area contributed by atoms with Crippen LogP contribution in [0.1, 0.15) is 6.42 Å². The van der Waals surface area contributed by atoms with E-state index in [-0.39, 0.29) is 5.70 Å². The van der Waals surface area contributed by atoms with E-state index in [1.807, 2.05) is 0 Å². The van der Waals surface area contributed by atoms with Crippen molar-refractivity contribution in [3.05, 3.63) is 34.0 Å². The molecule has 0 bridgehead atoms. The molecule has 1 aliphatic rings. The van der Waals surface area contributed by atoms with Crippen LogP contribution in [0, 0.1) is 10.1 Å². The molecule has 0 saturated carbocycles. The number of carbonyl (C=O) groups excluding carboxylic acids is 1. The number of nitrogens with zero attached hydrogens (tertiary/aromatic N) is 2. The summed E-state index contributed by atoms with van der Waals surface area (Å²) in [5.41, 5.74) is -3.20. The van der Waals surface area contributed by atoms with Gasteiger partial charge in [0.05, 0.1) is 12.1 Å². The fourth-order valence-corrected chi connectivity index (χ4v) is 1.20. The number of nitro groups is 1. The molecule has 0 aromatic heterocycles. The SMILES string of the molecule is O=C=NC1=CCC([N+](=O)[O-])(C(F)(F)F)C=C1. The molecule has 0 spiro atoms. The van der Waals surface area contributed by atoms with E-state index in [1.165, 1.54) is 0 Å². The molecule has 86 valence electrons. The third-order valence-electron chi connectivity index (χ3n) is 2.14. The van der Waals surface area contributed by atoms with Gasteiger partial charge in [-0.2, -0.15) is 18.2 Å². The smallest absolute Gasteiger partial charge is 0.263 e. The van der Waals surface area contributed by atoms with Gasteiger partial charge in [-0.25, -0.2) is 4.79 Å². The van der Waals surface area contributed by atoms with Crippen LogP contribution in [-0.4, -0.2) is 22.7 Å². The first-order chi connectivity index (χ1) is 7.33. The van der Waals surface area contributed by atoms with E-state index >= 15 is 0 Å². The summed E-state index contributed by atoms with van der Waals surface area (Å²) in [7, 11) is 0. The van der Waals surface area contributed by atoms with E-state index in [9.17, 15) is 28.1 Å². The lowest BCUT2D eigenvalue weighted by Crippen LogP contribution is -2.50. The molecule has 16 heavy (non-hydrogen) atoms. The lowest BCUT2D eigenvalue weighted by Gasteiger charge is -2.25. The van der Waals surface area contributed by atoms with E-state index in [0.717, 1.165) is 18.2 Å². The van der Waals surface area contributed by atoms with Crippen LogP contribution in [0.3, 0.4) is 0 Å². The van der Waals surface area contributed by atoms with E-state index in [4.69, 9.17) is 0 Å². The molecule has 0 heterocycles. The summed E-state index contributed by atoms with van der Waals surface area (Å²) in [6.07, 6.45) is -2.70. The number of hydrogen-bond donors (Lipinski definition) is 0. The standard InChI is InChI=1S/C8H5F3N2O3/c9-8(10,11)7(13(15)16)3-1-6(2-4-7)12-5-14/h1-3H,4H2. The monoisotopic (exact) mass is 234 g/mol. The third-order valence-corrected chi connectivity index (χ3v) is 2.14. The maximum Gasteiger partial charge on any atom is 0.465 e. The van der Waals surface area contributed by atoms with Gasteiger partial charge in [-0.15, -0.1) is 0 Å². The van der Waals surface area contributed by atoms with Crippen molar-refractivity contribution >= 4 is 6.08 Å². The van der Waals surface area contributed by atoms with Crippen molar-refractivity contribution in [3.8, 4) is 0 Å². The molecule has 0 amide bonds. The average molecular weight is 234 g/mol. The molecule has 1 rings (SSSR count). The zero-order chi connectivity index (χ0) is 12.4. The summed E-state index contributed by atoms with van der Waals surface area (Å²) in [4.78, 5) is 22.0. The van der Waals surface area contributed by atoms with Crippen LogP contribution in [0.25, 0.3) is 0 Å². The summed E-state index contributed by atoms with van der Waals surface area (Å²) in [6, 6.07) is 0. The summed E-state index contributed by atoms with van der Waals surface area (Å²) in [6.45, 7) is 0. The first-order valence-electron chi connectivity index (χ1n) is 4.02. The van der Waals surface area contributed by atoms with E-state index in [0.29, 0.717) is 6.08 Å². The second kappa shape index (κ2) is 3.90. The molecule has 0 fully saturated rings. The lowest BCUT2D eigenvalue weighted by molar-refractivity contribution is -0.596. The third kappa shape index (κ3) is 1.87. The van der Waals surface area contributed by atoms with Crippen molar-refractivity contribution in [2.24, 2.45) is 4.99 Å². The van der Waals surface area contributed by atoms with Crippen molar-refractivity contribution in [1.82, 2.24) is 0 Å². The van der Waals surface area contributed by atoms with Crippen molar-refractivity contribution in [1.29, 1.82) is 0 Å². The summed E-state index contributed by atoms with van der Waals surface area (Å²) in [5, 5.41) is 10.5. The molecule has 0 aromatic carbocycles. The van der Waals surface area contributed by atoms with E-state index in [2.05, 4.69) is 4.99 Å². The van der Waals surface area contributed by atoms with Gasteiger partial charge in [0.15, 0.2) is 0 Å². The predicted octanol–water partition coefficient (Wildman–Crippen LogP) is 1.74. The number of aliphatic imine (C=N–C) groups is 1. The molecule has 1 atom stereocenters. The van der Waals surface area contributed by atoms with Gasteiger partial charge in [-0.1, -0.05) is 0 Å². The lowest BCUT2D eigenvalue weighted by atomic mass is 9.90. The van der Waals surface area contributed by atoms with Gasteiger partial charge in [0.2, 0.25) is 6.08 Å². The predicted molar refractivity (Wildman–Crippen MR) is 45.7 cm³/mol. The Labute approximate surface area is 87.1 Å². The first kappa shape index (κ1) is 12.1. The summed E-state index contributed by atoms with van der Waals surface area (Å²) >= 11 is 0. The van der Waals surface area contributed by atoms with Gasteiger partial charge in [0, 0.05) is 11.0 Å². The molecule has 0 radical (unpaired) electrons. The van der Waals surface area contributed by atoms with Gasteiger partial charge in [-0.05, 0) is 12.2 Å². The van der Waals surface area contributed by atoms with Crippen molar-refractivity contribution in [3.63, 3.8) is 0 Å². The van der Waals surface area contributed by atoms with Gasteiger partial charge in [-0.3, -0.25) is 10.1 Å². The molecule has 1 unspecified atom stereocenters. The largest absolute Gasteiger partial charge is 0.465 e. The fraction of sp³-hybridized carbons (Fsp3) is 0.375. The van der Waals surface area contributed by atoms with Crippen LogP contribution in [0.4, 0.5) is 13.2 Å². The van der Waals surface area contributed by atoms with Gasteiger partial charge in [0.1, 0.15) is 0 Å². The number of alkyl halides is 3. The van der Waals surface area contributed by atoms with Crippen LogP contribution in [-0.2, 0) is 4.79 Å². The van der Waals surface area contributed by atoms with E-state index in [1.54, 1.807) is 0 Å². The Morgan fingerprint density at radius 2 is 2.19 bits per heavy atom. The number of hydrogen-bond acceptors (Lipinski definition) is 4. The highest BCUT2D eigenvalue weighted by molar-refractivity contribution is 5.41. The number of halogens is 3. The molecule has 0 aromatic rings. The van der Waals surface area contributed by atoms with E-state index < -0.39 is 23.1 Å². The highest BCUT2D eigenvalue weighted by Gasteiger charge is 2.64. The van der Waals surface area contributed by atoms with Crippen LogP contribution in [0.2, 0.25) is 0 Å². The minimum absolute atomic E-state index is 0.0725. The molecule has 1 aliphatic carbocycles. The minimum Gasteiger partial charge on any atom is -0.263 e.